The first-order valence-corrected chi connectivity index (χ1v) is 10.1. The van der Waals surface area contributed by atoms with Crippen molar-refractivity contribution in [3.63, 3.8) is 0 Å². The molecule has 0 saturated carbocycles. The van der Waals surface area contributed by atoms with Crippen molar-refractivity contribution >= 4 is 23.5 Å². The van der Waals surface area contributed by atoms with Crippen LogP contribution in [0.4, 0.5) is 0 Å². The summed E-state index contributed by atoms with van der Waals surface area (Å²) < 4.78 is 2.23. The van der Waals surface area contributed by atoms with Crippen LogP contribution in [0.3, 0.4) is 0 Å². The van der Waals surface area contributed by atoms with Crippen molar-refractivity contribution in [2.24, 2.45) is 0 Å². The Labute approximate surface area is 156 Å². The number of rotatable bonds is 8. The Bertz CT molecular complexity index is 775. The third kappa shape index (κ3) is 5.31. The Kier molecular flexibility index (Phi) is 6.47. The molecule has 0 amide bonds. The Morgan fingerprint density at radius 2 is 1.76 bits per heavy atom. The molecule has 1 aromatic carbocycles. The Balaban J connectivity index is 1.73. The van der Waals surface area contributed by atoms with Gasteiger partial charge in [-0.15, -0.1) is 10.2 Å². The largest absolute Gasteiger partial charge is 0.305 e. The lowest BCUT2D eigenvalue weighted by Crippen LogP contribution is -2.08. The molecule has 0 aliphatic carbocycles. The number of aromatic nitrogens is 5. The van der Waals surface area contributed by atoms with Crippen LogP contribution in [0.1, 0.15) is 25.2 Å². The molecule has 0 atom stereocenters. The molecule has 0 radical (unpaired) electrons. The van der Waals surface area contributed by atoms with Gasteiger partial charge >= 0.3 is 0 Å². The van der Waals surface area contributed by atoms with E-state index >= 15 is 0 Å². The normalized spacial score (nSPS) is 11.2. The van der Waals surface area contributed by atoms with Gasteiger partial charge in [-0.3, -0.25) is 0 Å². The first kappa shape index (κ1) is 17.9. The summed E-state index contributed by atoms with van der Waals surface area (Å²) in [5, 5.41) is 11.0. The summed E-state index contributed by atoms with van der Waals surface area (Å²) in [4.78, 5) is 8.52. The lowest BCUT2D eigenvalue weighted by molar-refractivity contribution is 0.614. The van der Waals surface area contributed by atoms with E-state index in [9.17, 15) is 0 Å². The molecule has 3 aromatic rings. The van der Waals surface area contributed by atoms with Crippen LogP contribution < -0.4 is 0 Å². The van der Waals surface area contributed by atoms with Gasteiger partial charge in [0.15, 0.2) is 10.3 Å². The van der Waals surface area contributed by atoms with Gasteiger partial charge in [-0.05, 0) is 18.1 Å². The molecule has 0 N–H and O–H groups in total. The van der Waals surface area contributed by atoms with E-state index in [1.165, 1.54) is 5.56 Å². The minimum atomic E-state index is 0.470. The third-order valence-corrected chi connectivity index (χ3v) is 5.33. The summed E-state index contributed by atoms with van der Waals surface area (Å²) in [5.41, 5.74) is 1.32. The van der Waals surface area contributed by atoms with Crippen LogP contribution in [-0.4, -0.2) is 30.0 Å². The van der Waals surface area contributed by atoms with Gasteiger partial charge < -0.3 is 4.57 Å². The number of aryl methyl sites for hydroxylation is 1. The molecule has 2 aromatic heterocycles. The third-order valence-electron chi connectivity index (χ3n) is 3.47. The molecule has 3 rings (SSSR count). The second kappa shape index (κ2) is 9.01. The Morgan fingerprint density at radius 3 is 2.48 bits per heavy atom. The van der Waals surface area contributed by atoms with Crippen LogP contribution in [0.2, 0.25) is 0 Å². The number of benzene rings is 1. The van der Waals surface area contributed by atoms with E-state index in [0.29, 0.717) is 11.0 Å². The van der Waals surface area contributed by atoms with Gasteiger partial charge in [-0.1, -0.05) is 67.7 Å². The smallest absolute Gasteiger partial charge is 0.191 e. The van der Waals surface area contributed by atoms with E-state index in [1.807, 2.05) is 12.1 Å². The van der Waals surface area contributed by atoms with Crippen molar-refractivity contribution in [3.8, 4) is 0 Å². The average Bonchev–Trinajstić information content (AvgIpc) is 3.01. The summed E-state index contributed by atoms with van der Waals surface area (Å²) in [6.45, 7) is 5.22. The molecule has 0 aliphatic heterocycles. The fraction of sp³-hybridized carbons (Fsp3) is 0.333. The molecule has 5 nitrogen and oxygen atoms in total. The summed E-state index contributed by atoms with van der Waals surface area (Å²) in [5.74, 6) is 1.68. The molecule has 7 heteroatoms. The predicted octanol–water partition coefficient (Wildman–Crippen LogP) is 4.10. The topological polar surface area (TPSA) is 56.5 Å². The first-order chi connectivity index (χ1) is 12.2. The first-order valence-electron chi connectivity index (χ1n) is 8.25. The molecule has 0 spiro atoms. The van der Waals surface area contributed by atoms with Gasteiger partial charge in [-0.2, -0.15) is 0 Å². The van der Waals surface area contributed by atoms with Crippen LogP contribution in [0.15, 0.2) is 59.1 Å². The number of hydrogen-bond donors (Lipinski definition) is 0. The van der Waals surface area contributed by atoms with Crippen molar-refractivity contribution in [1.29, 1.82) is 0 Å². The molecule has 0 saturated heterocycles. The van der Waals surface area contributed by atoms with Gasteiger partial charge in [-0.25, -0.2) is 9.97 Å². The summed E-state index contributed by atoms with van der Waals surface area (Å²) in [6.07, 6.45) is 4.48. The van der Waals surface area contributed by atoms with Crippen molar-refractivity contribution in [2.45, 2.75) is 48.1 Å². The van der Waals surface area contributed by atoms with Crippen molar-refractivity contribution in [2.75, 3.05) is 0 Å². The quantitative estimate of drug-likeness (QED) is 0.439. The van der Waals surface area contributed by atoms with Gasteiger partial charge in [0.05, 0.1) is 5.75 Å². The number of nitrogens with zero attached hydrogens (tertiary/aromatic N) is 5. The van der Waals surface area contributed by atoms with Gasteiger partial charge in [0.1, 0.15) is 5.82 Å². The highest BCUT2D eigenvalue weighted by atomic mass is 32.2. The van der Waals surface area contributed by atoms with Gasteiger partial charge in [0, 0.05) is 24.2 Å². The Morgan fingerprint density at radius 1 is 1.00 bits per heavy atom. The van der Waals surface area contributed by atoms with E-state index in [-0.39, 0.29) is 0 Å². The SMILES string of the molecule is CC(C)Sc1nnc(CSc2ncccn2)n1CCc1ccccc1. The van der Waals surface area contributed by atoms with Gasteiger partial charge in [0.25, 0.3) is 0 Å². The van der Waals surface area contributed by atoms with Crippen LogP contribution in [0, 0.1) is 0 Å². The van der Waals surface area contributed by atoms with E-state index in [4.69, 9.17) is 0 Å². The molecule has 0 fully saturated rings. The highest BCUT2D eigenvalue weighted by Crippen LogP contribution is 2.25. The standard InChI is InChI=1S/C18H21N5S2/c1-14(2)25-18-22-21-16(13-24-17-19-10-6-11-20-17)23(18)12-9-15-7-4-3-5-8-15/h3-8,10-11,14H,9,12-13H2,1-2H3. The second-order valence-corrected chi connectivity index (χ2v) is 8.26. The summed E-state index contributed by atoms with van der Waals surface area (Å²) in [7, 11) is 0. The van der Waals surface area contributed by atoms with E-state index < -0.39 is 0 Å². The zero-order valence-corrected chi connectivity index (χ0v) is 16.0. The maximum Gasteiger partial charge on any atom is 0.191 e. The van der Waals surface area contributed by atoms with E-state index in [1.54, 1.807) is 35.9 Å². The monoisotopic (exact) mass is 371 g/mol. The lowest BCUT2D eigenvalue weighted by Gasteiger charge is -2.11. The van der Waals surface area contributed by atoms with Gasteiger partial charge in [0.2, 0.25) is 0 Å². The van der Waals surface area contributed by atoms with Crippen molar-refractivity contribution in [1.82, 2.24) is 24.7 Å². The minimum Gasteiger partial charge on any atom is -0.305 e. The molecule has 0 bridgehead atoms. The zero-order chi connectivity index (χ0) is 17.5. The maximum atomic E-state index is 4.41. The fourth-order valence-corrected chi connectivity index (χ4v) is 3.90. The highest BCUT2D eigenvalue weighted by molar-refractivity contribution is 7.99. The van der Waals surface area contributed by atoms with Crippen LogP contribution in [0.25, 0.3) is 0 Å². The molecule has 25 heavy (non-hydrogen) atoms. The highest BCUT2D eigenvalue weighted by Gasteiger charge is 2.14. The molecular weight excluding hydrogens is 350 g/mol. The average molecular weight is 372 g/mol. The van der Waals surface area contributed by atoms with E-state index in [0.717, 1.165) is 29.1 Å². The number of thioether (sulfide) groups is 2. The fourth-order valence-electron chi connectivity index (χ4n) is 2.32. The van der Waals surface area contributed by atoms with Crippen molar-refractivity contribution < 1.29 is 0 Å². The van der Waals surface area contributed by atoms with Crippen LogP contribution in [0.5, 0.6) is 0 Å². The summed E-state index contributed by atoms with van der Waals surface area (Å²) >= 11 is 3.34. The zero-order valence-electron chi connectivity index (χ0n) is 14.4. The molecular formula is C18H21N5S2. The Hall–Kier alpha value is -1.86. The summed E-state index contributed by atoms with van der Waals surface area (Å²) in [6, 6.07) is 12.3. The molecule has 0 unspecified atom stereocenters. The van der Waals surface area contributed by atoms with Crippen molar-refractivity contribution in [3.05, 3.63) is 60.2 Å². The molecule has 130 valence electrons. The van der Waals surface area contributed by atoms with E-state index in [2.05, 4.69) is 62.8 Å². The minimum absolute atomic E-state index is 0.470. The molecule has 2 heterocycles. The maximum absolute atomic E-state index is 4.41. The lowest BCUT2D eigenvalue weighted by atomic mass is 10.1. The predicted molar refractivity (Wildman–Crippen MR) is 103 cm³/mol. The van der Waals surface area contributed by atoms with Crippen LogP contribution >= 0.6 is 23.5 Å². The van der Waals surface area contributed by atoms with Crippen LogP contribution in [-0.2, 0) is 18.7 Å². The second-order valence-electron chi connectivity index (χ2n) is 5.77. The molecule has 0 aliphatic rings. The number of hydrogen-bond acceptors (Lipinski definition) is 6.